The van der Waals surface area contributed by atoms with E-state index in [9.17, 15) is 9.59 Å². The van der Waals surface area contributed by atoms with E-state index in [1.165, 1.54) is 27.2 Å². The molecule has 0 unspecified atom stereocenters. The normalized spacial score (nSPS) is 15.5. The second kappa shape index (κ2) is 7.16. The smallest absolute Gasteiger partial charge is 0.275 e. The number of rotatable bonds is 4. The molecule has 26 heavy (non-hydrogen) atoms. The zero-order valence-corrected chi connectivity index (χ0v) is 16.0. The number of nitrogens with one attached hydrogen (secondary N) is 1. The quantitative estimate of drug-likeness (QED) is 0.740. The second-order valence-electron chi connectivity index (χ2n) is 6.27. The third-order valence-corrected chi connectivity index (χ3v) is 6.19. The molecule has 1 aliphatic heterocycles. The van der Waals surface area contributed by atoms with Crippen molar-refractivity contribution in [3.8, 4) is 0 Å². The van der Waals surface area contributed by atoms with E-state index in [2.05, 4.69) is 20.3 Å². The van der Waals surface area contributed by atoms with E-state index in [1.54, 1.807) is 6.07 Å². The van der Waals surface area contributed by atoms with Gasteiger partial charge in [0.25, 0.3) is 11.5 Å². The zero-order valence-electron chi connectivity index (χ0n) is 14.3. The molecule has 3 aromatic heterocycles. The summed E-state index contributed by atoms with van der Waals surface area (Å²) >= 11 is 2.96. The predicted octanol–water partition coefficient (Wildman–Crippen LogP) is 2.17. The maximum Gasteiger partial charge on any atom is 0.275 e. The van der Waals surface area contributed by atoms with Gasteiger partial charge in [-0.25, -0.2) is 4.98 Å². The monoisotopic (exact) mass is 389 g/mol. The molecule has 0 saturated carbocycles. The van der Waals surface area contributed by atoms with Crippen LogP contribution in [0.1, 0.15) is 35.8 Å². The molecule has 1 saturated heterocycles. The van der Waals surface area contributed by atoms with Crippen LogP contribution in [0.25, 0.3) is 4.96 Å². The highest BCUT2D eigenvalue weighted by Gasteiger charge is 2.24. The summed E-state index contributed by atoms with van der Waals surface area (Å²) in [4.78, 5) is 31.6. The van der Waals surface area contributed by atoms with Gasteiger partial charge in [0.1, 0.15) is 0 Å². The van der Waals surface area contributed by atoms with Gasteiger partial charge in [-0.2, -0.15) is 15.9 Å². The Bertz CT molecular complexity index is 971. The SMILES string of the molecule is CCc1cc(=O)n2nc(N3CCC(NC(=O)c4ccsc4)CC3)sc2n1. The average molecular weight is 390 g/mol. The fourth-order valence-electron chi connectivity index (χ4n) is 3.03. The molecule has 0 aliphatic carbocycles. The fraction of sp³-hybridized carbons (Fsp3) is 0.412. The maximum atomic E-state index is 12.2. The highest BCUT2D eigenvalue weighted by atomic mass is 32.1. The minimum absolute atomic E-state index is 0.00691. The van der Waals surface area contributed by atoms with Crippen LogP contribution in [0.15, 0.2) is 27.7 Å². The topological polar surface area (TPSA) is 79.6 Å². The molecule has 4 rings (SSSR count). The summed E-state index contributed by atoms with van der Waals surface area (Å²) in [5, 5.41) is 12.1. The van der Waals surface area contributed by atoms with Gasteiger partial charge in [-0.1, -0.05) is 18.3 Å². The van der Waals surface area contributed by atoms with Crippen molar-refractivity contribution in [1.82, 2.24) is 19.9 Å². The van der Waals surface area contributed by atoms with Gasteiger partial charge >= 0.3 is 0 Å². The number of hydrogen-bond donors (Lipinski definition) is 1. The first kappa shape index (κ1) is 17.2. The fourth-order valence-corrected chi connectivity index (χ4v) is 4.65. The molecular weight excluding hydrogens is 370 g/mol. The number of fused-ring (bicyclic) bond motifs is 1. The number of aryl methyl sites for hydroxylation is 1. The van der Waals surface area contributed by atoms with Crippen LogP contribution >= 0.6 is 22.7 Å². The Labute approximate surface area is 158 Å². The molecule has 9 heteroatoms. The highest BCUT2D eigenvalue weighted by molar-refractivity contribution is 7.20. The van der Waals surface area contributed by atoms with E-state index in [-0.39, 0.29) is 17.5 Å². The number of hydrogen-bond acceptors (Lipinski definition) is 7. The molecule has 7 nitrogen and oxygen atoms in total. The van der Waals surface area contributed by atoms with Crippen LogP contribution in [-0.4, -0.2) is 39.6 Å². The van der Waals surface area contributed by atoms with E-state index in [0.29, 0.717) is 4.96 Å². The predicted molar refractivity (Wildman–Crippen MR) is 104 cm³/mol. The molecule has 0 radical (unpaired) electrons. The van der Waals surface area contributed by atoms with Gasteiger partial charge in [-0.3, -0.25) is 9.59 Å². The number of piperidine rings is 1. The van der Waals surface area contributed by atoms with E-state index in [0.717, 1.165) is 48.7 Å². The molecule has 0 bridgehead atoms. The molecule has 0 spiro atoms. The first-order valence-electron chi connectivity index (χ1n) is 8.62. The summed E-state index contributed by atoms with van der Waals surface area (Å²) in [7, 11) is 0. The van der Waals surface area contributed by atoms with Crippen molar-refractivity contribution in [2.24, 2.45) is 0 Å². The molecule has 3 aromatic rings. The van der Waals surface area contributed by atoms with Gasteiger partial charge in [0.05, 0.1) is 0 Å². The lowest BCUT2D eigenvalue weighted by Gasteiger charge is -2.31. The third kappa shape index (κ3) is 3.36. The molecule has 0 atom stereocenters. The summed E-state index contributed by atoms with van der Waals surface area (Å²) in [6.45, 7) is 3.57. The molecule has 1 amide bonds. The first-order valence-corrected chi connectivity index (χ1v) is 10.4. The number of amides is 1. The standard InChI is InChI=1S/C17H19N5O2S2/c1-2-12-9-14(23)22-16(19-12)26-17(20-22)21-6-3-13(4-7-21)18-15(24)11-5-8-25-10-11/h5,8-10,13H,2-4,6-7H2,1H3,(H,18,24). The second-order valence-corrected chi connectivity index (χ2v) is 7.98. The summed E-state index contributed by atoms with van der Waals surface area (Å²) in [5.74, 6) is -0.00691. The Balaban J connectivity index is 1.43. The van der Waals surface area contributed by atoms with Gasteiger partial charge in [0.15, 0.2) is 0 Å². The lowest BCUT2D eigenvalue weighted by molar-refractivity contribution is 0.0931. The Hall–Kier alpha value is -2.26. The van der Waals surface area contributed by atoms with E-state index in [1.807, 2.05) is 23.8 Å². The van der Waals surface area contributed by atoms with E-state index in [4.69, 9.17) is 0 Å². The lowest BCUT2D eigenvalue weighted by Crippen LogP contribution is -2.44. The van der Waals surface area contributed by atoms with Gasteiger partial charge in [-0.05, 0) is 30.7 Å². The van der Waals surface area contributed by atoms with Crippen molar-refractivity contribution >= 4 is 38.7 Å². The van der Waals surface area contributed by atoms with Crippen molar-refractivity contribution in [3.63, 3.8) is 0 Å². The lowest BCUT2D eigenvalue weighted by atomic mass is 10.1. The first-order chi connectivity index (χ1) is 12.6. The number of thiophene rings is 1. The van der Waals surface area contributed by atoms with Crippen molar-refractivity contribution in [2.75, 3.05) is 18.0 Å². The van der Waals surface area contributed by atoms with Crippen LogP contribution < -0.4 is 15.8 Å². The summed E-state index contributed by atoms with van der Waals surface area (Å²) in [6, 6.07) is 3.55. The molecule has 4 heterocycles. The van der Waals surface area contributed by atoms with Crippen molar-refractivity contribution in [3.05, 3.63) is 44.5 Å². The molecule has 1 fully saturated rings. The van der Waals surface area contributed by atoms with Crippen LogP contribution in [0.3, 0.4) is 0 Å². The Morgan fingerprint density at radius 1 is 1.38 bits per heavy atom. The maximum absolute atomic E-state index is 12.2. The number of anilines is 1. The largest absolute Gasteiger partial charge is 0.349 e. The Morgan fingerprint density at radius 2 is 2.19 bits per heavy atom. The number of aromatic nitrogens is 3. The van der Waals surface area contributed by atoms with Crippen LogP contribution in [0.5, 0.6) is 0 Å². The number of carbonyl (C=O) groups excluding carboxylic acids is 1. The Kier molecular flexibility index (Phi) is 4.73. The van der Waals surface area contributed by atoms with E-state index >= 15 is 0 Å². The average Bonchev–Trinajstić information content (AvgIpc) is 3.32. The van der Waals surface area contributed by atoms with Crippen molar-refractivity contribution < 1.29 is 4.79 Å². The minimum atomic E-state index is -0.132. The summed E-state index contributed by atoms with van der Waals surface area (Å²) < 4.78 is 1.38. The number of carbonyl (C=O) groups is 1. The summed E-state index contributed by atoms with van der Waals surface area (Å²) in [5.41, 5.74) is 1.38. The van der Waals surface area contributed by atoms with Gasteiger partial charge in [0, 0.05) is 41.8 Å². The Morgan fingerprint density at radius 3 is 2.88 bits per heavy atom. The van der Waals surface area contributed by atoms with Crippen molar-refractivity contribution in [2.45, 2.75) is 32.2 Å². The number of nitrogens with zero attached hydrogens (tertiary/aromatic N) is 4. The molecular formula is C17H19N5O2S2. The van der Waals surface area contributed by atoms with Crippen molar-refractivity contribution in [1.29, 1.82) is 0 Å². The molecule has 1 N–H and O–H groups in total. The molecule has 136 valence electrons. The highest BCUT2D eigenvalue weighted by Crippen LogP contribution is 2.25. The van der Waals surface area contributed by atoms with Gasteiger partial charge in [0.2, 0.25) is 10.1 Å². The van der Waals surface area contributed by atoms with Crippen LogP contribution in [-0.2, 0) is 6.42 Å². The van der Waals surface area contributed by atoms with E-state index < -0.39 is 0 Å². The zero-order chi connectivity index (χ0) is 18.1. The van der Waals surface area contributed by atoms with Gasteiger partial charge < -0.3 is 10.2 Å². The summed E-state index contributed by atoms with van der Waals surface area (Å²) in [6.07, 6.45) is 2.44. The van der Waals surface area contributed by atoms with Crippen LogP contribution in [0.4, 0.5) is 5.13 Å². The molecule has 0 aromatic carbocycles. The third-order valence-electron chi connectivity index (χ3n) is 4.53. The van der Waals surface area contributed by atoms with Crippen LogP contribution in [0, 0.1) is 0 Å². The molecule has 1 aliphatic rings. The van der Waals surface area contributed by atoms with Gasteiger partial charge in [-0.15, -0.1) is 5.10 Å². The van der Waals surface area contributed by atoms with Crippen LogP contribution in [0.2, 0.25) is 0 Å². The minimum Gasteiger partial charge on any atom is -0.349 e.